The van der Waals surface area contributed by atoms with E-state index in [2.05, 4.69) is 16.7 Å². The number of anilines is 1. The Bertz CT molecular complexity index is 630. The summed E-state index contributed by atoms with van der Waals surface area (Å²) in [5.74, 6) is -0.425. The summed E-state index contributed by atoms with van der Waals surface area (Å²) >= 11 is 12.2. The maximum Gasteiger partial charge on any atom is 0.251 e. The zero-order valence-electron chi connectivity index (χ0n) is 13.0. The average molecular weight is 356 g/mol. The summed E-state index contributed by atoms with van der Waals surface area (Å²) in [4.78, 5) is 30.8. The number of amides is 2. The minimum absolute atomic E-state index is 0.202. The number of carbonyl (C=O) groups is 2. The van der Waals surface area contributed by atoms with E-state index < -0.39 is 6.04 Å². The number of nitrogens with zero attached hydrogens (tertiary/aromatic N) is 3. The van der Waals surface area contributed by atoms with Gasteiger partial charge < -0.3 is 4.90 Å². The lowest BCUT2D eigenvalue weighted by Gasteiger charge is -2.36. The Morgan fingerprint density at radius 1 is 1.13 bits per heavy atom. The first kappa shape index (κ1) is 16.7. The van der Waals surface area contributed by atoms with Gasteiger partial charge in [-0.25, -0.2) is 4.90 Å². The molecule has 0 aliphatic carbocycles. The van der Waals surface area contributed by atoms with Gasteiger partial charge in [-0.05, 0) is 18.7 Å². The van der Waals surface area contributed by atoms with E-state index in [1.165, 1.54) is 4.90 Å². The Morgan fingerprint density at radius 2 is 1.83 bits per heavy atom. The van der Waals surface area contributed by atoms with Crippen molar-refractivity contribution in [3.8, 4) is 0 Å². The number of carbonyl (C=O) groups excluding carboxylic acids is 2. The van der Waals surface area contributed by atoms with Crippen molar-refractivity contribution >= 4 is 40.7 Å². The van der Waals surface area contributed by atoms with E-state index in [4.69, 9.17) is 23.2 Å². The molecule has 124 valence electrons. The minimum Gasteiger partial charge on any atom is -0.301 e. The summed E-state index contributed by atoms with van der Waals surface area (Å²) in [5, 5.41) is 0.581. The average Bonchev–Trinajstić information content (AvgIpc) is 2.85. The van der Waals surface area contributed by atoms with Gasteiger partial charge >= 0.3 is 0 Å². The van der Waals surface area contributed by atoms with Gasteiger partial charge in [0.05, 0.1) is 28.2 Å². The molecule has 0 radical (unpaired) electrons. The molecule has 2 heterocycles. The summed E-state index contributed by atoms with van der Waals surface area (Å²) < 4.78 is 0. The largest absolute Gasteiger partial charge is 0.301 e. The highest BCUT2D eigenvalue weighted by molar-refractivity contribution is 6.44. The van der Waals surface area contributed by atoms with Crippen molar-refractivity contribution in [2.24, 2.45) is 0 Å². The van der Waals surface area contributed by atoms with Crippen LogP contribution in [0.3, 0.4) is 0 Å². The van der Waals surface area contributed by atoms with Crippen LogP contribution in [0.4, 0.5) is 5.69 Å². The summed E-state index contributed by atoms with van der Waals surface area (Å²) in [6.45, 7) is 6.58. The van der Waals surface area contributed by atoms with Crippen molar-refractivity contribution in [3.63, 3.8) is 0 Å². The molecular formula is C16H19Cl2N3O2. The van der Waals surface area contributed by atoms with Crippen LogP contribution in [-0.4, -0.2) is 60.4 Å². The zero-order valence-corrected chi connectivity index (χ0v) is 14.5. The molecule has 0 aromatic heterocycles. The van der Waals surface area contributed by atoms with Crippen LogP contribution in [0, 0.1) is 0 Å². The molecule has 0 spiro atoms. The third-order valence-electron chi connectivity index (χ3n) is 4.59. The topological polar surface area (TPSA) is 43.9 Å². The number of benzene rings is 1. The highest BCUT2D eigenvalue weighted by Crippen LogP contribution is 2.36. The monoisotopic (exact) mass is 355 g/mol. The second-order valence-electron chi connectivity index (χ2n) is 5.83. The first-order valence-electron chi connectivity index (χ1n) is 7.80. The molecule has 5 nitrogen and oxygen atoms in total. The summed E-state index contributed by atoms with van der Waals surface area (Å²) in [6, 6.07) is 4.59. The van der Waals surface area contributed by atoms with Crippen LogP contribution in [0.5, 0.6) is 0 Å². The molecule has 7 heteroatoms. The van der Waals surface area contributed by atoms with Gasteiger partial charge in [-0.2, -0.15) is 0 Å². The van der Waals surface area contributed by atoms with Gasteiger partial charge in [-0.3, -0.25) is 14.5 Å². The highest BCUT2D eigenvalue weighted by Gasteiger charge is 2.44. The predicted octanol–water partition coefficient (Wildman–Crippen LogP) is 2.26. The van der Waals surface area contributed by atoms with Gasteiger partial charge in [0.25, 0.3) is 5.91 Å². The van der Waals surface area contributed by atoms with Crippen molar-refractivity contribution in [1.82, 2.24) is 9.80 Å². The van der Waals surface area contributed by atoms with Crippen molar-refractivity contribution in [2.45, 2.75) is 19.4 Å². The van der Waals surface area contributed by atoms with E-state index in [9.17, 15) is 9.59 Å². The summed E-state index contributed by atoms with van der Waals surface area (Å²) in [7, 11) is 0. The zero-order chi connectivity index (χ0) is 16.6. The lowest BCUT2D eigenvalue weighted by Crippen LogP contribution is -2.52. The van der Waals surface area contributed by atoms with E-state index in [1.54, 1.807) is 18.2 Å². The predicted molar refractivity (Wildman–Crippen MR) is 91.0 cm³/mol. The van der Waals surface area contributed by atoms with Gasteiger partial charge in [0.2, 0.25) is 5.91 Å². The molecule has 2 aliphatic heterocycles. The molecule has 2 fully saturated rings. The number of rotatable bonds is 3. The van der Waals surface area contributed by atoms with Crippen molar-refractivity contribution in [1.29, 1.82) is 0 Å². The maximum atomic E-state index is 12.8. The second kappa shape index (κ2) is 6.77. The van der Waals surface area contributed by atoms with E-state index in [0.29, 0.717) is 10.7 Å². The van der Waals surface area contributed by atoms with Crippen LogP contribution >= 0.6 is 23.2 Å². The first-order valence-corrected chi connectivity index (χ1v) is 8.55. The summed E-state index contributed by atoms with van der Waals surface area (Å²) in [5.41, 5.74) is 0.379. The Balaban J connectivity index is 1.79. The number of halogens is 2. The summed E-state index contributed by atoms with van der Waals surface area (Å²) in [6.07, 6.45) is 0.202. The number of likely N-dealkylation sites (N-methyl/N-ethyl adjacent to an activating group) is 1. The fourth-order valence-electron chi connectivity index (χ4n) is 3.21. The Kier molecular flexibility index (Phi) is 4.92. The molecule has 2 saturated heterocycles. The fraction of sp³-hybridized carbons (Fsp3) is 0.500. The molecule has 1 atom stereocenters. The second-order valence-corrected chi connectivity index (χ2v) is 6.62. The number of imide groups is 1. The highest BCUT2D eigenvalue weighted by atomic mass is 35.5. The lowest BCUT2D eigenvalue weighted by molar-refractivity contribution is -0.123. The van der Waals surface area contributed by atoms with Gasteiger partial charge in [-0.15, -0.1) is 0 Å². The van der Waals surface area contributed by atoms with Crippen LogP contribution in [-0.2, 0) is 9.59 Å². The Hall–Kier alpha value is -1.14. The van der Waals surface area contributed by atoms with Crippen LogP contribution < -0.4 is 4.90 Å². The molecule has 1 aromatic carbocycles. The van der Waals surface area contributed by atoms with Crippen molar-refractivity contribution < 1.29 is 9.59 Å². The normalized spacial score (nSPS) is 23.8. The first-order chi connectivity index (χ1) is 11.0. The fourth-order valence-corrected chi connectivity index (χ4v) is 3.59. The molecule has 0 bridgehead atoms. The minimum atomic E-state index is -0.392. The van der Waals surface area contributed by atoms with E-state index in [0.717, 1.165) is 32.7 Å². The maximum absolute atomic E-state index is 12.8. The van der Waals surface area contributed by atoms with E-state index in [1.807, 2.05) is 0 Å². The van der Waals surface area contributed by atoms with Crippen LogP contribution in [0.1, 0.15) is 13.3 Å². The Labute approximate surface area is 145 Å². The molecule has 3 rings (SSSR count). The van der Waals surface area contributed by atoms with Gasteiger partial charge in [0, 0.05) is 26.2 Å². The van der Waals surface area contributed by atoms with Gasteiger partial charge in [0.15, 0.2) is 0 Å². The van der Waals surface area contributed by atoms with Gasteiger partial charge in [-0.1, -0.05) is 36.2 Å². The van der Waals surface area contributed by atoms with Crippen LogP contribution in [0.15, 0.2) is 18.2 Å². The smallest absolute Gasteiger partial charge is 0.251 e. The molecular weight excluding hydrogens is 337 g/mol. The molecule has 2 amide bonds. The molecule has 2 aliphatic rings. The number of piperazine rings is 1. The molecule has 23 heavy (non-hydrogen) atoms. The van der Waals surface area contributed by atoms with Crippen molar-refractivity contribution in [2.75, 3.05) is 37.6 Å². The van der Waals surface area contributed by atoms with Crippen molar-refractivity contribution in [3.05, 3.63) is 28.2 Å². The van der Waals surface area contributed by atoms with E-state index >= 15 is 0 Å². The molecule has 1 aromatic rings. The Morgan fingerprint density at radius 3 is 2.48 bits per heavy atom. The molecule has 0 saturated carbocycles. The van der Waals surface area contributed by atoms with E-state index in [-0.39, 0.29) is 23.3 Å². The SMILES string of the molecule is CCN1CCN([C@H]2CC(=O)N(c3cccc(Cl)c3Cl)C2=O)CC1. The number of hydrogen-bond acceptors (Lipinski definition) is 4. The third kappa shape index (κ3) is 3.11. The molecule has 0 N–H and O–H groups in total. The standard InChI is InChI=1S/C16H19Cl2N3O2/c1-2-19-6-8-20(9-7-19)13-10-14(22)21(16(13)23)12-5-3-4-11(17)15(12)18/h3-5,13H,2,6-10H2,1H3/t13-/m0/s1. The van der Waals surface area contributed by atoms with Gasteiger partial charge in [0.1, 0.15) is 0 Å². The van der Waals surface area contributed by atoms with Crippen LogP contribution in [0.25, 0.3) is 0 Å². The lowest BCUT2D eigenvalue weighted by atomic mass is 10.1. The van der Waals surface area contributed by atoms with Crippen LogP contribution in [0.2, 0.25) is 10.0 Å². The third-order valence-corrected chi connectivity index (χ3v) is 5.40. The number of hydrogen-bond donors (Lipinski definition) is 0. The molecule has 0 unspecified atom stereocenters. The quantitative estimate of drug-likeness (QED) is 0.780.